The highest BCUT2D eigenvalue weighted by molar-refractivity contribution is 4.88. The van der Waals surface area contributed by atoms with Crippen LogP contribution in [-0.2, 0) is 0 Å². The standard InChI is InChI=1S/C13H28N4/c1-12-10-14-11-13(12)17-8-6-16(7-9-17)5-4-15(2)3/h12-14H,4-11H2,1-3H3. The molecule has 2 atom stereocenters. The Morgan fingerprint density at radius 2 is 1.82 bits per heavy atom. The highest BCUT2D eigenvalue weighted by Gasteiger charge is 2.30. The first kappa shape index (κ1) is 13.3. The molecule has 17 heavy (non-hydrogen) atoms. The second kappa shape index (κ2) is 6.14. The predicted octanol–water partition coefficient (Wildman–Crippen LogP) is -0.226. The van der Waals surface area contributed by atoms with E-state index in [0.29, 0.717) is 0 Å². The third-order valence-corrected chi connectivity index (χ3v) is 4.22. The molecule has 100 valence electrons. The van der Waals surface area contributed by atoms with E-state index in [0.717, 1.165) is 12.0 Å². The van der Waals surface area contributed by atoms with Crippen LogP contribution in [0.1, 0.15) is 6.92 Å². The fourth-order valence-corrected chi connectivity index (χ4v) is 2.95. The van der Waals surface area contributed by atoms with Crippen molar-refractivity contribution in [2.75, 3.05) is 66.5 Å². The molecule has 0 aromatic heterocycles. The Kier molecular flexibility index (Phi) is 4.79. The van der Waals surface area contributed by atoms with Crippen molar-refractivity contribution < 1.29 is 0 Å². The average molecular weight is 240 g/mol. The van der Waals surface area contributed by atoms with Crippen molar-refractivity contribution in [3.05, 3.63) is 0 Å². The van der Waals surface area contributed by atoms with E-state index in [-0.39, 0.29) is 0 Å². The van der Waals surface area contributed by atoms with Gasteiger partial charge in [-0.1, -0.05) is 6.92 Å². The van der Waals surface area contributed by atoms with Crippen LogP contribution in [0, 0.1) is 5.92 Å². The summed E-state index contributed by atoms with van der Waals surface area (Å²) in [6.07, 6.45) is 0. The smallest absolute Gasteiger partial charge is 0.0259 e. The second-order valence-electron chi connectivity index (χ2n) is 5.88. The Morgan fingerprint density at radius 3 is 2.35 bits per heavy atom. The molecule has 0 aromatic carbocycles. The van der Waals surface area contributed by atoms with Gasteiger partial charge < -0.3 is 10.2 Å². The lowest BCUT2D eigenvalue weighted by molar-refractivity contribution is 0.0849. The zero-order valence-electron chi connectivity index (χ0n) is 11.7. The maximum Gasteiger partial charge on any atom is 0.0259 e. The van der Waals surface area contributed by atoms with Crippen molar-refractivity contribution in [1.82, 2.24) is 20.0 Å². The Bertz CT molecular complexity index is 223. The third-order valence-electron chi connectivity index (χ3n) is 4.22. The minimum Gasteiger partial charge on any atom is -0.315 e. The largest absolute Gasteiger partial charge is 0.315 e. The lowest BCUT2D eigenvalue weighted by atomic mass is 10.0. The van der Waals surface area contributed by atoms with Crippen molar-refractivity contribution in [2.45, 2.75) is 13.0 Å². The SMILES string of the molecule is CC1CNCC1N1CCN(CCN(C)C)CC1. The molecular weight excluding hydrogens is 212 g/mol. The van der Waals surface area contributed by atoms with Crippen LogP contribution in [0.5, 0.6) is 0 Å². The van der Waals surface area contributed by atoms with Crippen LogP contribution in [0.4, 0.5) is 0 Å². The van der Waals surface area contributed by atoms with Crippen LogP contribution in [0.25, 0.3) is 0 Å². The molecule has 0 aliphatic carbocycles. The van der Waals surface area contributed by atoms with E-state index >= 15 is 0 Å². The quantitative estimate of drug-likeness (QED) is 0.733. The lowest BCUT2D eigenvalue weighted by Gasteiger charge is -2.39. The van der Waals surface area contributed by atoms with Gasteiger partial charge in [0.15, 0.2) is 0 Å². The molecule has 0 radical (unpaired) electrons. The van der Waals surface area contributed by atoms with Crippen molar-refractivity contribution in [3.8, 4) is 0 Å². The number of hydrogen-bond donors (Lipinski definition) is 1. The first-order chi connectivity index (χ1) is 8.16. The molecule has 4 nitrogen and oxygen atoms in total. The monoisotopic (exact) mass is 240 g/mol. The summed E-state index contributed by atoms with van der Waals surface area (Å²) >= 11 is 0. The van der Waals surface area contributed by atoms with Gasteiger partial charge in [0.25, 0.3) is 0 Å². The minimum atomic E-state index is 0.783. The summed E-state index contributed by atoms with van der Waals surface area (Å²) in [6.45, 7) is 12.2. The number of likely N-dealkylation sites (N-methyl/N-ethyl adjacent to an activating group) is 1. The van der Waals surface area contributed by atoms with E-state index in [9.17, 15) is 0 Å². The number of piperazine rings is 1. The maximum absolute atomic E-state index is 3.51. The summed E-state index contributed by atoms with van der Waals surface area (Å²) in [5.41, 5.74) is 0. The van der Waals surface area contributed by atoms with Gasteiger partial charge in [-0.2, -0.15) is 0 Å². The van der Waals surface area contributed by atoms with Crippen molar-refractivity contribution in [1.29, 1.82) is 0 Å². The maximum atomic E-state index is 3.51. The zero-order valence-corrected chi connectivity index (χ0v) is 11.7. The second-order valence-corrected chi connectivity index (χ2v) is 5.88. The first-order valence-electron chi connectivity index (χ1n) is 6.98. The van der Waals surface area contributed by atoms with Crippen LogP contribution in [-0.4, -0.2) is 87.2 Å². The van der Waals surface area contributed by atoms with E-state index in [4.69, 9.17) is 0 Å². The molecular formula is C13H28N4. The molecule has 2 fully saturated rings. The predicted molar refractivity (Wildman–Crippen MR) is 72.4 cm³/mol. The van der Waals surface area contributed by atoms with Gasteiger partial charge in [0, 0.05) is 51.9 Å². The van der Waals surface area contributed by atoms with E-state index < -0.39 is 0 Å². The average Bonchev–Trinajstić information content (AvgIpc) is 2.73. The van der Waals surface area contributed by atoms with Crippen molar-refractivity contribution in [3.63, 3.8) is 0 Å². The van der Waals surface area contributed by atoms with Crippen LogP contribution in [0.15, 0.2) is 0 Å². The molecule has 2 heterocycles. The molecule has 0 amide bonds. The number of nitrogens with one attached hydrogen (secondary N) is 1. The zero-order chi connectivity index (χ0) is 12.3. The Hall–Kier alpha value is -0.160. The van der Waals surface area contributed by atoms with Gasteiger partial charge in [-0.25, -0.2) is 0 Å². The molecule has 0 saturated carbocycles. The topological polar surface area (TPSA) is 21.8 Å². The van der Waals surface area contributed by atoms with Crippen molar-refractivity contribution in [2.24, 2.45) is 5.92 Å². The number of hydrogen-bond acceptors (Lipinski definition) is 4. The summed E-state index contributed by atoms with van der Waals surface area (Å²) in [5.74, 6) is 0.823. The van der Waals surface area contributed by atoms with Gasteiger partial charge >= 0.3 is 0 Å². The highest BCUT2D eigenvalue weighted by Crippen LogP contribution is 2.17. The molecule has 1 N–H and O–H groups in total. The summed E-state index contributed by atoms with van der Waals surface area (Å²) in [4.78, 5) is 7.57. The van der Waals surface area contributed by atoms with Gasteiger partial charge in [-0.3, -0.25) is 9.80 Å². The molecule has 0 spiro atoms. The Labute approximate surface area is 106 Å². The van der Waals surface area contributed by atoms with E-state index in [1.165, 1.54) is 52.4 Å². The molecule has 2 unspecified atom stereocenters. The molecule has 4 heteroatoms. The highest BCUT2D eigenvalue weighted by atomic mass is 15.3. The van der Waals surface area contributed by atoms with E-state index in [2.05, 4.69) is 41.0 Å². The molecule has 0 aromatic rings. The molecule has 2 aliphatic heterocycles. The summed E-state index contributed by atoms with van der Waals surface area (Å²) in [6, 6.07) is 0.783. The lowest BCUT2D eigenvalue weighted by Crippen LogP contribution is -2.53. The Balaban J connectivity index is 1.70. The summed E-state index contributed by atoms with van der Waals surface area (Å²) < 4.78 is 0. The molecule has 2 aliphatic rings. The third kappa shape index (κ3) is 3.65. The summed E-state index contributed by atoms with van der Waals surface area (Å²) in [7, 11) is 4.31. The van der Waals surface area contributed by atoms with Gasteiger partial charge in [0.1, 0.15) is 0 Å². The molecule has 2 rings (SSSR count). The van der Waals surface area contributed by atoms with Crippen molar-refractivity contribution >= 4 is 0 Å². The summed E-state index contributed by atoms with van der Waals surface area (Å²) in [5, 5.41) is 3.51. The van der Waals surface area contributed by atoms with Crippen LogP contribution >= 0.6 is 0 Å². The normalized spacial score (nSPS) is 32.5. The van der Waals surface area contributed by atoms with Gasteiger partial charge in [-0.05, 0) is 26.6 Å². The van der Waals surface area contributed by atoms with Crippen LogP contribution in [0.2, 0.25) is 0 Å². The fraction of sp³-hybridized carbons (Fsp3) is 1.00. The van der Waals surface area contributed by atoms with Gasteiger partial charge in [0.2, 0.25) is 0 Å². The van der Waals surface area contributed by atoms with Gasteiger partial charge in [-0.15, -0.1) is 0 Å². The number of nitrogens with zero attached hydrogens (tertiary/aromatic N) is 3. The van der Waals surface area contributed by atoms with Gasteiger partial charge in [0.05, 0.1) is 0 Å². The van der Waals surface area contributed by atoms with Crippen LogP contribution in [0.3, 0.4) is 0 Å². The molecule has 2 saturated heterocycles. The number of rotatable bonds is 4. The van der Waals surface area contributed by atoms with Crippen LogP contribution < -0.4 is 5.32 Å². The van der Waals surface area contributed by atoms with E-state index in [1.54, 1.807) is 0 Å². The minimum absolute atomic E-state index is 0.783. The fourth-order valence-electron chi connectivity index (χ4n) is 2.95. The molecule has 0 bridgehead atoms. The Morgan fingerprint density at radius 1 is 1.12 bits per heavy atom. The van der Waals surface area contributed by atoms with E-state index in [1.807, 2.05) is 0 Å². The first-order valence-corrected chi connectivity index (χ1v) is 6.98.